The number of esters is 1. The minimum Gasteiger partial charge on any atom is -0.493 e. The van der Waals surface area contributed by atoms with Crippen LogP contribution in [0.2, 0.25) is 0 Å². The van der Waals surface area contributed by atoms with Crippen molar-refractivity contribution in [1.29, 1.82) is 5.41 Å². The number of amides is 1. The SMILES string of the molecule is CCOC(=O)c1c(NC(=O)c2cc3cccc(OC)c3oc2=N)sc(C)c1C. The Labute approximate surface area is 165 Å². The Morgan fingerprint density at radius 2 is 2.04 bits per heavy atom. The number of hydrogen-bond donors (Lipinski definition) is 2. The molecule has 0 aliphatic rings. The molecule has 28 heavy (non-hydrogen) atoms. The molecule has 0 saturated heterocycles. The van der Waals surface area contributed by atoms with Crippen LogP contribution in [0.3, 0.4) is 0 Å². The number of thiophene rings is 1. The molecule has 7 nitrogen and oxygen atoms in total. The smallest absolute Gasteiger partial charge is 0.341 e. The van der Waals surface area contributed by atoms with Gasteiger partial charge in [0.25, 0.3) is 5.91 Å². The second-order valence-electron chi connectivity index (χ2n) is 6.03. The average Bonchev–Trinajstić information content (AvgIpc) is 2.94. The third-order valence-electron chi connectivity index (χ3n) is 4.31. The second kappa shape index (κ2) is 7.85. The lowest BCUT2D eigenvalue weighted by Gasteiger charge is -2.09. The van der Waals surface area contributed by atoms with Gasteiger partial charge in [0.15, 0.2) is 11.3 Å². The van der Waals surface area contributed by atoms with Crippen LogP contribution in [0.15, 0.2) is 28.7 Å². The third kappa shape index (κ3) is 3.50. The van der Waals surface area contributed by atoms with Crippen molar-refractivity contribution < 1.29 is 23.5 Å². The summed E-state index contributed by atoms with van der Waals surface area (Å²) in [5.41, 5.74) is 1.25. The number of benzene rings is 1. The first kappa shape index (κ1) is 19.6. The van der Waals surface area contributed by atoms with Gasteiger partial charge in [0.05, 0.1) is 19.3 Å². The van der Waals surface area contributed by atoms with Crippen molar-refractivity contribution in [2.45, 2.75) is 20.8 Å². The van der Waals surface area contributed by atoms with Gasteiger partial charge >= 0.3 is 5.97 Å². The fourth-order valence-corrected chi connectivity index (χ4v) is 3.84. The zero-order chi connectivity index (χ0) is 20.4. The van der Waals surface area contributed by atoms with Crippen molar-refractivity contribution in [2.24, 2.45) is 0 Å². The van der Waals surface area contributed by atoms with Crippen LogP contribution in [0, 0.1) is 19.3 Å². The van der Waals surface area contributed by atoms with Crippen molar-refractivity contribution in [2.75, 3.05) is 19.0 Å². The Hall–Kier alpha value is -3.13. The summed E-state index contributed by atoms with van der Waals surface area (Å²) < 4.78 is 15.8. The molecular formula is C20H20N2O5S. The highest BCUT2D eigenvalue weighted by atomic mass is 32.1. The highest BCUT2D eigenvalue weighted by molar-refractivity contribution is 7.16. The number of carbonyl (C=O) groups is 2. The first-order valence-corrected chi connectivity index (χ1v) is 9.42. The Morgan fingerprint density at radius 3 is 2.71 bits per heavy atom. The molecule has 1 aromatic carbocycles. The van der Waals surface area contributed by atoms with E-state index in [9.17, 15) is 9.59 Å². The lowest BCUT2D eigenvalue weighted by Crippen LogP contribution is -2.21. The number of aryl methyl sites for hydroxylation is 1. The molecule has 8 heteroatoms. The summed E-state index contributed by atoms with van der Waals surface area (Å²) in [4.78, 5) is 26.0. The first-order valence-electron chi connectivity index (χ1n) is 8.61. The largest absolute Gasteiger partial charge is 0.493 e. The monoisotopic (exact) mass is 400 g/mol. The van der Waals surface area contributed by atoms with E-state index in [1.165, 1.54) is 18.4 Å². The number of fused-ring (bicyclic) bond motifs is 1. The Morgan fingerprint density at radius 1 is 1.29 bits per heavy atom. The van der Waals surface area contributed by atoms with Gasteiger partial charge < -0.3 is 19.2 Å². The van der Waals surface area contributed by atoms with Gasteiger partial charge in [-0.1, -0.05) is 12.1 Å². The van der Waals surface area contributed by atoms with Crippen LogP contribution in [0.1, 0.15) is 38.1 Å². The second-order valence-corrected chi connectivity index (χ2v) is 7.25. The Balaban J connectivity index is 2.01. The molecule has 0 unspecified atom stereocenters. The molecule has 0 aliphatic heterocycles. The molecule has 2 N–H and O–H groups in total. The van der Waals surface area contributed by atoms with Crippen molar-refractivity contribution >= 4 is 39.2 Å². The molecule has 0 fully saturated rings. The predicted molar refractivity (Wildman–Crippen MR) is 106 cm³/mol. The minimum atomic E-state index is -0.537. The predicted octanol–water partition coefficient (Wildman–Crippen LogP) is 4.03. The third-order valence-corrected chi connectivity index (χ3v) is 5.44. The zero-order valence-electron chi connectivity index (χ0n) is 16.0. The molecule has 0 spiro atoms. The molecule has 3 aromatic rings. The zero-order valence-corrected chi connectivity index (χ0v) is 16.8. The highest BCUT2D eigenvalue weighted by Gasteiger charge is 2.23. The summed E-state index contributed by atoms with van der Waals surface area (Å²) in [6.07, 6.45) is 0. The number of para-hydroxylation sites is 1. The van der Waals surface area contributed by atoms with Crippen molar-refractivity contribution in [3.05, 3.63) is 51.4 Å². The number of nitrogens with one attached hydrogen (secondary N) is 2. The van der Waals surface area contributed by atoms with Gasteiger partial charge in [0.1, 0.15) is 10.6 Å². The van der Waals surface area contributed by atoms with Crippen LogP contribution in [0.4, 0.5) is 5.00 Å². The molecule has 0 bridgehead atoms. The van der Waals surface area contributed by atoms with Gasteiger partial charge in [-0.15, -0.1) is 11.3 Å². The summed E-state index contributed by atoms with van der Waals surface area (Å²) in [5, 5.41) is 11.9. The van der Waals surface area contributed by atoms with Crippen LogP contribution < -0.4 is 15.6 Å². The van der Waals surface area contributed by atoms with E-state index in [-0.39, 0.29) is 17.7 Å². The number of hydrogen-bond acceptors (Lipinski definition) is 7. The maximum atomic E-state index is 12.8. The van der Waals surface area contributed by atoms with Gasteiger partial charge in [-0.2, -0.15) is 0 Å². The first-order chi connectivity index (χ1) is 13.4. The Bertz CT molecular complexity index is 1130. The summed E-state index contributed by atoms with van der Waals surface area (Å²) in [5.74, 6) is -0.545. The Kier molecular flexibility index (Phi) is 5.51. The van der Waals surface area contributed by atoms with Gasteiger partial charge in [-0.3, -0.25) is 10.2 Å². The lowest BCUT2D eigenvalue weighted by molar-refractivity contribution is 0.0527. The van der Waals surface area contributed by atoms with Gasteiger partial charge in [0, 0.05) is 10.3 Å². The molecule has 1 amide bonds. The van der Waals surface area contributed by atoms with E-state index in [1.54, 1.807) is 38.1 Å². The number of ether oxygens (including phenoxy) is 2. The van der Waals surface area contributed by atoms with Gasteiger partial charge in [-0.05, 0) is 38.5 Å². The number of carbonyl (C=O) groups excluding carboxylic acids is 2. The summed E-state index contributed by atoms with van der Waals surface area (Å²) in [7, 11) is 1.51. The molecule has 0 radical (unpaired) electrons. The van der Waals surface area contributed by atoms with Gasteiger partial charge in [0.2, 0.25) is 5.55 Å². The summed E-state index contributed by atoms with van der Waals surface area (Å²) >= 11 is 1.29. The summed E-state index contributed by atoms with van der Waals surface area (Å²) in [6, 6.07) is 6.82. The lowest BCUT2D eigenvalue weighted by atomic mass is 10.1. The molecule has 0 saturated carbocycles. The van der Waals surface area contributed by atoms with E-state index in [1.807, 2.05) is 6.92 Å². The van der Waals surface area contributed by atoms with Crippen LogP contribution in [0.5, 0.6) is 5.75 Å². The molecular weight excluding hydrogens is 380 g/mol. The van der Waals surface area contributed by atoms with Gasteiger partial charge in [-0.25, -0.2) is 4.79 Å². The topological polar surface area (TPSA) is 102 Å². The highest BCUT2D eigenvalue weighted by Crippen LogP contribution is 2.33. The normalized spacial score (nSPS) is 10.7. The molecule has 2 heterocycles. The van der Waals surface area contributed by atoms with Crippen LogP contribution >= 0.6 is 11.3 Å². The van der Waals surface area contributed by atoms with Crippen LogP contribution in [-0.2, 0) is 4.74 Å². The molecule has 146 valence electrons. The van der Waals surface area contributed by atoms with E-state index in [4.69, 9.17) is 19.3 Å². The standard InChI is InChI=1S/C20H20N2O5S/c1-5-26-20(24)15-10(2)11(3)28-19(15)22-18(23)13-9-12-7-6-8-14(25-4)16(12)27-17(13)21/h6-9,21H,5H2,1-4H3,(H,22,23). The van der Waals surface area contributed by atoms with Crippen molar-refractivity contribution in [1.82, 2.24) is 0 Å². The molecule has 0 aliphatic carbocycles. The van der Waals surface area contributed by atoms with E-state index < -0.39 is 11.9 Å². The van der Waals surface area contributed by atoms with Crippen molar-refractivity contribution in [3.63, 3.8) is 0 Å². The number of rotatable bonds is 5. The molecule has 3 rings (SSSR count). The van der Waals surface area contributed by atoms with E-state index in [0.29, 0.717) is 27.3 Å². The fourth-order valence-electron chi connectivity index (χ4n) is 2.80. The average molecular weight is 400 g/mol. The van der Waals surface area contributed by atoms with Crippen LogP contribution in [0.25, 0.3) is 11.0 Å². The quantitative estimate of drug-likeness (QED) is 0.630. The van der Waals surface area contributed by atoms with E-state index >= 15 is 0 Å². The maximum absolute atomic E-state index is 12.8. The number of methoxy groups -OCH3 is 1. The fraction of sp³-hybridized carbons (Fsp3) is 0.250. The number of anilines is 1. The van der Waals surface area contributed by atoms with Crippen molar-refractivity contribution in [3.8, 4) is 5.75 Å². The van der Waals surface area contributed by atoms with E-state index in [2.05, 4.69) is 5.32 Å². The molecule has 0 atom stereocenters. The van der Waals surface area contributed by atoms with E-state index in [0.717, 1.165) is 10.4 Å². The molecule has 2 aromatic heterocycles. The summed E-state index contributed by atoms with van der Waals surface area (Å²) in [6.45, 7) is 5.64. The minimum absolute atomic E-state index is 0.0549. The van der Waals surface area contributed by atoms with Crippen LogP contribution in [-0.4, -0.2) is 25.6 Å². The maximum Gasteiger partial charge on any atom is 0.341 e.